The first-order valence-electron chi connectivity index (χ1n) is 6.16. The highest BCUT2D eigenvalue weighted by molar-refractivity contribution is 7.13. The van der Waals surface area contributed by atoms with Crippen molar-refractivity contribution in [2.45, 2.75) is 12.6 Å². The van der Waals surface area contributed by atoms with E-state index in [1.54, 1.807) is 11.6 Å². The normalized spacial score (nSPS) is 20.1. The van der Waals surface area contributed by atoms with Crippen molar-refractivity contribution < 1.29 is 18.0 Å². The second-order valence-electron chi connectivity index (χ2n) is 4.68. The average molecular weight is 308 g/mol. The summed E-state index contributed by atoms with van der Waals surface area (Å²) >= 11 is 1.30. The molecule has 0 aliphatic carbocycles. The predicted molar refractivity (Wildman–Crippen MR) is 69.7 cm³/mol. The molecule has 1 aliphatic heterocycles. The van der Waals surface area contributed by atoms with Crippen LogP contribution in [0.2, 0.25) is 0 Å². The smallest absolute Gasteiger partial charge is 0.337 e. The molecule has 2 N–H and O–H groups in total. The minimum atomic E-state index is -4.16. The molecule has 1 atom stereocenters. The molecule has 0 spiro atoms. The Hall–Kier alpha value is -1.35. The molecule has 1 aliphatic rings. The lowest BCUT2D eigenvalue weighted by Gasteiger charge is -2.18. The van der Waals surface area contributed by atoms with Crippen LogP contribution in [0.15, 0.2) is 11.6 Å². The summed E-state index contributed by atoms with van der Waals surface area (Å²) < 4.78 is 36.7. The van der Waals surface area contributed by atoms with Gasteiger partial charge >= 0.3 is 12.2 Å². The molecule has 0 radical (unpaired) electrons. The quantitative estimate of drug-likeness (QED) is 0.896. The monoisotopic (exact) mass is 308 g/mol. The van der Waals surface area contributed by atoms with Crippen molar-refractivity contribution in [2.24, 2.45) is 5.92 Å². The Labute approximate surface area is 118 Å². The fourth-order valence-corrected chi connectivity index (χ4v) is 2.66. The number of thiazole rings is 1. The maximum atomic E-state index is 12.2. The van der Waals surface area contributed by atoms with Gasteiger partial charge in [0.05, 0.1) is 6.54 Å². The summed E-state index contributed by atoms with van der Waals surface area (Å²) in [7, 11) is 0. The van der Waals surface area contributed by atoms with E-state index in [1.807, 2.05) is 0 Å². The zero-order chi connectivity index (χ0) is 14.6. The summed E-state index contributed by atoms with van der Waals surface area (Å²) in [6.45, 7) is 0.261. The summed E-state index contributed by atoms with van der Waals surface area (Å²) in [6, 6.07) is -0.380. The molecule has 1 aromatic heterocycles. The molecule has 2 amide bonds. The second-order valence-corrected chi connectivity index (χ2v) is 5.57. The molecule has 0 saturated carbocycles. The van der Waals surface area contributed by atoms with Gasteiger partial charge in [0.1, 0.15) is 0 Å². The number of anilines is 1. The number of nitrogens with zero attached hydrogens (tertiary/aromatic N) is 2. The van der Waals surface area contributed by atoms with E-state index in [2.05, 4.69) is 15.6 Å². The Balaban J connectivity index is 1.66. The van der Waals surface area contributed by atoms with Gasteiger partial charge < -0.3 is 5.32 Å². The molecule has 1 aromatic rings. The van der Waals surface area contributed by atoms with E-state index < -0.39 is 12.7 Å². The third kappa shape index (κ3) is 4.97. The summed E-state index contributed by atoms with van der Waals surface area (Å²) in [6.07, 6.45) is -1.93. The lowest BCUT2D eigenvalue weighted by molar-refractivity contribution is -0.143. The topological polar surface area (TPSA) is 57.3 Å². The van der Waals surface area contributed by atoms with Crippen LogP contribution < -0.4 is 10.6 Å². The number of rotatable bonds is 4. The predicted octanol–water partition coefficient (Wildman–Crippen LogP) is 2.15. The molecule has 0 aromatic carbocycles. The van der Waals surface area contributed by atoms with Crippen LogP contribution in [0.5, 0.6) is 0 Å². The molecule has 1 saturated heterocycles. The number of carbonyl (C=O) groups is 1. The number of nitrogens with one attached hydrogen (secondary N) is 2. The minimum absolute atomic E-state index is 0.0550. The van der Waals surface area contributed by atoms with Crippen molar-refractivity contribution in [3.8, 4) is 0 Å². The number of likely N-dealkylation sites (tertiary alicyclic amines) is 1. The molecule has 5 nitrogen and oxygen atoms in total. The second kappa shape index (κ2) is 6.40. The van der Waals surface area contributed by atoms with Crippen LogP contribution in [0.3, 0.4) is 0 Å². The van der Waals surface area contributed by atoms with E-state index in [0.717, 1.165) is 0 Å². The highest BCUT2D eigenvalue weighted by Gasteiger charge is 2.34. The van der Waals surface area contributed by atoms with Gasteiger partial charge in [-0.05, 0) is 18.9 Å². The van der Waals surface area contributed by atoms with E-state index in [-0.39, 0.29) is 11.9 Å². The van der Waals surface area contributed by atoms with Crippen LogP contribution in [0, 0.1) is 5.92 Å². The largest absolute Gasteiger partial charge is 0.401 e. The molecule has 9 heteroatoms. The Kier molecular flexibility index (Phi) is 4.81. The van der Waals surface area contributed by atoms with Gasteiger partial charge in [-0.3, -0.25) is 10.2 Å². The van der Waals surface area contributed by atoms with Crippen molar-refractivity contribution in [1.82, 2.24) is 15.2 Å². The number of aromatic nitrogens is 1. The Bertz CT molecular complexity index is 437. The number of hydrogen-bond acceptors (Lipinski definition) is 4. The van der Waals surface area contributed by atoms with E-state index >= 15 is 0 Å². The highest BCUT2D eigenvalue weighted by atomic mass is 32.1. The van der Waals surface area contributed by atoms with Gasteiger partial charge in [-0.2, -0.15) is 13.2 Å². The fourth-order valence-electron chi connectivity index (χ4n) is 2.14. The van der Waals surface area contributed by atoms with Crippen molar-refractivity contribution in [1.29, 1.82) is 0 Å². The Morgan fingerprint density at radius 1 is 1.55 bits per heavy atom. The molecule has 0 bridgehead atoms. The third-order valence-electron chi connectivity index (χ3n) is 2.98. The van der Waals surface area contributed by atoms with Crippen molar-refractivity contribution in [3.05, 3.63) is 11.6 Å². The first kappa shape index (κ1) is 15.0. The number of alkyl halides is 3. The molecular formula is C11H15F3N4OS. The zero-order valence-corrected chi connectivity index (χ0v) is 11.4. The van der Waals surface area contributed by atoms with Crippen LogP contribution >= 0.6 is 11.3 Å². The van der Waals surface area contributed by atoms with Gasteiger partial charge in [-0.1, -0.05) is 0 Å². The number of halogens is 3. The van der Waals surface area contributed by atoms with E-state index in [0.29, 0.717) is 31.2 Å². The molecule has 0 unspecified atom stereocenters. The van der Waals surface area contributed by atoms with Crippen LogP contribution in [0.4, 0.5) is 23.1 Å². The molecule has 2 rings (SSSR count). The van der Waals surface area contributed by atoms with Crippen molar-refractivity contribution in [3.63, 3.8) is 0 Å². The van der Waals surface area contributed by atoms with Crippen molar-refractivity contribution in [2.75, 3.05) is 31.5 Å². The number of urea groups is 1. The van der Waals surface area contributed by atoms with E-state index in [4.69, 9.17) is 0 Å². The first-order valence-corrected chi connectivity index (χ1v) is 7.04. The molecule has 112 valence electrons. The molecular weight excluding hydrogens is 293 g/mol. The third-order valence-corrected chi connectivity index (χ3v) is 3.67. The summed E-state index contributed by atoms with van der Waals surface area (Å²) in [5, 5.41) is 7.44. The highest BCUT2D eigenvalue weighted by Crippen LogP contribution is 2.22. The number of amides is 2. The molecule has 1 fully saturated rings. The van der Waals surface area contributed by atoms with Crippen LogP contribution in [-0.4, -0.2) is 48.3 Å². The van der Waals surface area contributed by atoms with Gasteiger partial charge in [0.2, 0.25) is 0 Å². The van der Waals surface area contributed by atoms with E-state index in [9.17, 15) is 18.0 Å². The molecule has 20 heavy (non-hydrogen) atoms. The average Bonchev–Trinajstić information content (AvgIpc) is 2.96. The van der Waals surface area contributed by atoms with Gasteiger partial charge in [0, 0.05) is 24.7 Å². The van der Waals surface area contributed by atoms with Crippen LogP contribution in [0.25, 0.3) is 0 Å². The lowest BCUT2D eigenvalue weighted by atomic mass is 10.1. The first-order chi connectivity index (χ1) is 9.42. The minimum Gasteiger partial charge on any atom is -0.337 e. The van der Waals surface area contributed by atoms with Crippen LogP contribution in [0.1, 0.15) is 6.42 Å². The zero-order valence-electron chi connectivity index (χ0n) is 10.6. The molecule has 2 heterocycles. The number of carbonyl (C=O) groups excluding carboxylic acids is 1. The summed E-state index contributed by atoms with van der Waals surface area (Å²) in [5.74, 6) is 0.0550. The Morgan fingerprint density at radius 2 is 2.35 bits per heavy atom. The maximum Gasteiger partial charge on any atom is 0.401 e. The van der Waals surface area contributed by atoms with Gasteiger partial charge in [0.15, 0.2) is 5.13 Å². The van der Waals surface area contributed by atoms with Gasteiger partial charge in [-0.25, -0.2) is 9.78 Å². The van der Waals surface area contributed by atoms with Gasteiger partial charge in [-0.15, -0.1) is 11.3 Å². The van der Waals surface area contributed by atoms with E-state index in [1.165, 1.54) is 16.2 Å². The van der Waals surface area contributed by atoms with Crippen molar-refractivity contribution >= 4 is 22.5 Å². The standard InChI is InChI=1S/C11H15F3N4OS/c12-11(13,14)7-18-3-1-8(6-18)5-16-9(19)17-10-15-2-4-20-10/h2,4,8H,1,3,5-7H2,(H2,15,16,17,19)/t8-/m1/s1. The SMILES string of the molecule is O=C(NC[C@H]1CCN(CC(F)(F)F)C1)Nc1nccs1. The lowest BCUT2D eigenvalue weighted by Crippen LogP contribution is -2.36. The summed E-state index contributed by atoms with van der Waals surface area (Å²) in [5.41, 5.74) is 0. The Morgan fingerprint density at radius 3 is 3.00 bits per heavy atom. The number of hydrogen-bond donors (Lipinski definition) is 2. The maximum absolute atomic E-state index is 12.2. The fraction of sp³-hybridized carbons (Fsp3) is 0.636. The van der Waals surface area contributed by atoms with Gasteiger partial charge in [0.25, 0.3) is 0 Å². The van der Waals surface area contributed by atoms with Crippen LogP contribution in [-0.2, 0) is 0 Å². The summed E-state index contributed by atoms with van der Waals surface area (Å²) in [4.78, 5) is 16.8.